The molecule has 0 aliphatic rings. The Hall–Kier alpha value is -5.94. The second-order valence-corrected chi connectivity index (χ2v) is 23.4. The Bertz CT molecular complexity index is 2510. The van der Waals surface area contributed by atoms with E-state index in [-0.39, 0.29) is 21.7 Å². The van der Waals surface area contributed by atoms with Crippen molar-refractivity contribution in [3.8, 4) is 47.4 Å². The summed E-state index contributed by atoms with van der Waals surface area (Å²) in [5.41, 5.74) is 13.3. The minimum atomic E-state index is 0.0164. The molecule has 0 saturated heterocycles. The van der Waals surface area contributed by atoms with Gasteiger partial charge in [0.05, 0.1) is 11.1 Å². The topological polar surface area (TPSA) is 51.6 Å². The second-order valence-electron chi connectivity index (χ2n) is 23.4. The summed E-state index contributed by atoms with van der Waals surface area (Å²) in [4.78, 5) is 18.6. The normalized spacial score (nSPS) is 11.6. The Kier molecular flexibility index (Phi) is 19.8. The van der Waals surface area contributed by atoms with Crippen LogP contribution >= 0.6 is 0 Å². The van der Waals surface area contributed by atoms with Gasteiger partial charge < -0.3 is 0 Å². The molecule has 0 aliphatic carbocycles. The maximum Gasteiger partial charge on any atom is 0.205 e. The average Bonchev–Trinajstić information content (AvgIpc) is 3.31. The predicted molar refractivity (Wildman–Crippen MR) is 296 cm³/mol. The molecule has 2 aromatic heterocycles. The van der Waals surface area contributed by atoms with Gasteiger partial charge in [0.25, 0.3) is 0 Å². The van der Waals surface area contributed by atoms with Gasteiger partial charge in [-0.1, -0.05) is 209 Å². The van der Waals surface area contributed by atoms with Crippen molar-refractivity contribution in [2.24, 2.45) is 0 Å². The molecule has 5 rings (SSSR count). The molecule has 4 heteroatoms. The molecular weight excluding hydrogens is 849 g/mol. The molecule has 3 aromatic carbocycles. The molecule has 2 heterocycles. The van der Waals surface area contributed by atoms with Crippen LogP contribution in [0.1, 0.15) is 252 Å². The Balaban J connectivity index is 1.45. The third-order valence-corrected chi connectivity index (χ3v) is 12.9. The van der Waals surface area contributed by atoms with E-state index in [1.54, 1.807) is 24.8 Å². The highest BCUT2D eigenvalue weighted by atomic mass is 14.9. The van der Waals surface area contributed by atoms with Gasteiger partial charge in [-0.05, 0) is 129 Å². The van der Waals surface area contributed by atoms with Crippen molar-refractivity contribution in [3.63, 3.8) is 0 Å². The molecule has 0 unspecified atom stereocenters. The molecule has 0 N–H and O–H groups in total. The van der Waals surface area contributed by atoms with E-state index in [2.05, 4.69) is 213 Å². The molecule has 0 spiro atoms. The third kappa shape index (κ3) is 17.8. The molecule has 366 valence electrons. The van der Waals surface area contributed by atoms with E-state index in [1.807, 2.05) is 0 Å². The number of unbranched alkanes of at least 4 members (excludes halogenated alkanes) is 10. The Labute approximate surface area is 425 Å². The molecular formula is C66H82N4. The minimum absolute atomic E-state index is 0.0164. The van der Waals surface area contributed by atoms with Crippen molar-refractivity contribution in [1.82, 2.24) is 19.9 Å². The smallest absolute Gasteiger partial charge is 0.205 e. The van der Waals surface area contributed by atoms with E-state index in [4.69, 9.17) is 0 Å². The van der Waals surface area contributed by atoms with Crippen LogP contribution in [-0.4, -0.2) is 19.9 Å². The predicted octanol–water partition coefficient (Wildman–Crippen LogP) is 15.9. The zero-order valence-corrected chi connectivity index (χ0v) is 45.6. The van der Waals surface area contributed by atoms with Crippen LogP contribution in [0, 0.1) is 47.4 Å². The second kappa shape index (κ2) is 25.3. The summed E-state index contributed by atoms with van der Waals surface area (Å²) in [5.74, 6) is 28.1. The van der Waals surface area contributed by atoms with Gasteiger partial charge in [0.1, 0.15) is 0 Å². The molecule has 0 fully saturated rings. The Morgan fingerprint density at radius 3 is 0.957 bits per heavy atom. The number of benzene rings is 3. The van der Waals surface area contributed by atoms with Crippen LogP contribution in [0.5, 0.6) is 0 Å². The van der Waals surface area contributed by atoms with Crippen LogP contribution in [0.3, 0.4) is 0 Å². The van der Waals surface area contributed by atoms with Gasteiger partial charge in [-0.25, -0.2) is 19.9 Å². The lowest BCUT2D eigenvalue weighted by atomic mass is 9.79. The lowest BCUT2D eigenvalue weighted by Crippen LogP contribution is -2.16. The summed E-state index contributed by atoms with van der Waals surface area (Å²) in [6.45, 7) is 31.5. The summed E-state index contributed by atoms with van der Waals surface area (Å²) in [7, 11) is 0. The summed E-state index contributed by atoms with van der Waals surface area (Å²) < 4.78 is 0. The van der Waals surface area contributed by atoms with E-state index in [9.17, 15) is 0 Å². The van der Waals surface area contributed by atoms with Crippen molar-refractivity contribution >= 4 is 0 Å². The lowest BCUT2D eigenvalue weighted by molar-refractivity contribution is 0.567. The Morgan fingerprint density at radius 1 is 0.314 bits per heavy atom. The van der Waals surface area contributed by atoms with Crippen molar-refractivity contribution in [2.45, 2.75) is 208 Å². The number of nitrogens with zero attached hydrogens (tertiary/aromatic N) is 4. The quantitative estimate of drug-likeness (QED) is 0.0822. The largest absolute Gasteiger partial charge is 0.228 e. The zero-order chi connectivity index (χ0) is 51.0. The summed E-state index contributed by atoms with van der Waals surface area (Å²) in [6, 6.07) is 18.0. The van der Waals surface area contributed by atoms with Gasteiger partial charge in [0.15, 0.2) is 0 Å². The summed E-state index contributed by atoms with van der Waals surface area (Å²) in [5, 5.41) is 0. The molecule has 4 nitrogen and oxygen atoms in total. The summed E-state index contributed by atoms with van der Waals surface area (Å²) >= 11 is 0. The maximum absolute atomic E-state index is 4.67. The number of hydrogen-bond donors (Lipinski definition) is 0. The van der Waals surface area contributed by atoms with E-state index < -0.39 is 0 Å². The highest BCUT2D eigenvalue weighted by Gasteiger charge is 2.22. The van der Waals surface area contributed by atoms with Gasteiger partial charge >= 0.3 is 0 Å². The van der Waals surface area contributed by atoms with E-state index in [0.29, 0.717) is 11.6 Å². The van der Waals surface area contributed by atoms with Crippen LogP contribution in [0.15, 0.2) is 73.3 Å². The van der Waals surface area contributed by atoms with E-state index >= 15 is 0 Å². The fourth-order valence-corrected chi connectivity index (χ4v) is 8.11. The molecule has 70 heavy (non-hydrogen) atoms. The molecule has 0 saturated carbocycles. The molecule has 0 bridgehead atoms. The first-order valence-corrected chi connectivity index (χ1v) is 26.3. The van der Waals surface area contributed by atoms with Crippen molar-refractivity contribution in [3.05, 3.63) is 152 Å². The molecule has 0 radical (unpaired) electrons. The van der Waals surface area contributed by atoms with Crippen LogP contribution in [0.2, 0.25) is 0 Å². The SMILES string of the molecule is CCCCCCCCc1cc(C#Cc2ncc(C#Cc3cc(C(C)(C)C)cc(C(C)(C)C)c3)cn2)c(CCCCCCCC)cc1C#Cc1cnc(C#Cc2cc(C(C)(C)C)cc(C(C)(C)C)c2)nc1. The zero-order valence-electron chi connectivity index (χ0n) is 45.6. The van der Waals surface area contributed by atoms with E-state index in [1.165, 1.54) is 97.6 Å². The van der Waals surface area contributed by atoms with Gasteiger partial charge in [-0.15, -0.1) is 0 Å². The number of hydrogen-bond acceptors (Lipinski definition) is 4. The highest BCUT2D eigenvalue weighted by Crippen LogP contribution is 2.32. The first-order valence-electron chi connectivity index (χ1n) is 26.3. The molecule has 0 amide bonds. The minimum Gasteiger partial charge on any atom is -0.228 e. The number of aromatic nitrogens is 4. The van der Waals surface area contributed by atoms with Gasteiger partial charge in [-0.2, -0.15) is 0 Å². The standard InChI is InChI=1S/C66H82N4/c1-15-17-19-21-23-25-27-53-42-56(34-36-62-69-45-51(46-70-62)30-29-49-37-57(63(3,4)5)43-58(38-49)64(6,7)8)54(28-26-24-22-20-18-16-2)41-55(53)33-31-52-47-67-61(68-48-52)35-32-50-39-59(65(9,10)11)44-60(40-50)66(12,13)14/h37-48H,15-28H2,1-14H3. The van der Waals surface area contributed by atoms with Crippen molar-refractivity contribution in [1.29, 1.82) is 0 Å². The van der Waals surface area contributed by atoms with Crippen LogP contribution < -0.4 is 0 Å². The Morgan fingerprint density at radius 2 is 0.600 bits per heavy atom. The van der Waals surface area contributed by atoms with Crippen LogP contribution in [0.4, 0.5) is 0 Å². The summed E-state index contributed by atoms with van der Waals surface area (Å²) in [6.07, 6.45) is 23.8. The third-order valence-electron chi connectivity index (χ3n) is 12.9. The first kappa shape index (κ1) is 55.0. The highest BCUT2D eigenvalue weighted by molar-refractivity contribution is 5.55. The monoisotopic (exact) mass is 931 g/mol. The van der Waals surface area contributed by atoms with Gasteiger partial charge in [0.2, 0.25) is 11.6 Å². The van der Waals surface area contributed by atoms with Gasteiger partial charge in [0, 0.05) is 47.0 Å². The van der Waals surface area contributed by atoms with Gasteiger partial charge in [-0.3, -0.25) is 0 Å². The molecule has 0 aliphatic heterocycles. The maximum atomic E-state index is 4.67. The first-order chi connectivity index (χ1) is 33.1. The number of rotatable bonds is 14. The lowest BCUT2D eigenvalue weighted by Gasteiger charge is -2.25. The van der Waals surface area contributed by atoms with Crippen molar-refractivity contribution in [2.75, 3.05) is 0 Å². The van der Waals surface area contributed by atoms with Crippen LogP contribution in [0.25, 0.3) is 0 Å². The molecule has 5 aromatic rings. The number of aryl methyl sites for hydroxylation is 2. The average molecular weight is 931 g/mol. The fourth-order valence-electron chi connectivity index (χ4n) is 8.11. The van der Waals surface area contributed by atoms with Crippen molar-refractivity contribution < 1.29 is 0 Å². The molecule has 0 atom stereocenters. The van der Waals surface area contributed by atoms with Crippen LogP contribution in [-0.2, 0) is 34.5 Å². The van der Waals surface area contributed by atoms with E-state index in [0.717, 1.165) is 59.1 Å². The fraction of sp³-hybridized carbons (Fsp3) is 0.485.